The zero-order valence-electron chi connectivity index (χ0n) is 14.5. The summed E-state index contributed by atoms with van der Waals surface area (Å²) < 4.78 is 22.1. The highest BCUT2D eigenvalue weighted by atomic mass is 35.5. The smallest absolute Gasteiger partial charge is 0.296 e. The third kappa shape index (κ3) is 2.88. The number of halogens is 1. The third-order valence-corrected chi connectivity index (χ3v) is 5.07. The Morgan fingerprint density at radius 1 is 1.43 bits per heavy atom. The van der Waals surface area contributed by atoms with E-state index in [-0.39, 0.29) is 19.2 Å². The number of aromatic amines is 1. The van der Waals surface area contributed by atoms with Crippen molar-refractivity contribution in [1.82, 2.24) is 19.9 Å². The summed E-state index contributed by atoms with van der Waals surface area (Å²) in [5, 5.41) is 13.3. The van der Waals surface area contributed by atoms with E-state index in [9.17, 15) is 5.11 Å². The van der Waals surface area contributed by atoms with E-state index in [0.29, 0.717) is 34.4 Å². The monoisotopic (exact) mass is 408 g/mol. The molecule has 2 saturated heterocycles. The van der Waals surface area contributed by atoms with E-state index in [0.717, 1.165) is 0 Å². The van der Waals surface area contributed by atoms with Gasteiger partial charge in [0, 0.05) is 0 Å². The summed E-state index contributed by atoms with van der Waals surface area (Å²) in [5.41, 5.74) is 6.01. The molecule has 5 rings (SSSR count). The fourth-order valence-corrected chi connectivity index (χ4v) is 3.59. The van der Waals surface area contributed by atoms with Gasteiger partial charge in [-0.1, -0.05) is 11.6 Å². The van der Waals surface area contributed by atoms with Crippen LogP contribution in [-0.2, 0) is 16.0 Å². The number of fused-ring (bicyclic) bond motifs is 2. The maximum absolute atomic E-state index is 9.89. The summed E-state index contributed by atoms with van der Waals surface area (Å²) in [5.74, 6) is 0.944. The van der Waals surface area contributed by atoms with Crippen LogP contribution in [0.1, 0.15) is 5.89 Å². The highest BCUT2D eigenvalue weighted by Gasteiger charge is 2.59. The number of nitrogens with two attached hydrogens (primary N) is 1. The average Bonchev–Trinajstić information content (AvgIpc) is 3.42. The number of aromatic nitrogens is 4. The molecule has 3 aromatic heterocycles. The molecule has 5 heterocycles. The molecule has 0 amide bonds. The topological polar surface area (TPSA) is 154 Å². The lowest BCUT2D eigenvalue weighted by atomic mass is 10.0. The van der Waals surface area contributed by atoms with Crippen molar-refractivity contribution >= 4 is 28.6 Å². The molecular formula is C16H17ClN6O5. The van der Waals surface area contributed by atoms with Crippen LogP contribution in [0.2, 0.25) is 5.02 Å². The zero-order valence-corrected chi connectivity index (χ0v) is 15.2. The molecule has 28 heavy (non-hydrogen) atoms. The van der Waals surface area contributed by atoms with Gasteiger partial charge >= 0.3 is 0 Å². The Morgan fingerprint density at radius 3 is 3.14 bits per heavy atom. The van der Waals surface area contributed by atoms with Crippen molar-refractivity contribution in [3.8, 4) is 6.01 Å². The minimum absolute atomic E-state index is 0.0951. The molecule has 0 unspecified atom stereocenters. The van der Waals surface area contributed by atoms with Crippen molar-refractivity contribution < 1.29 is 23.7 Å². The van der Waals surface area contributed by atoms with Gasteiger partial charge in [-0.05, 0) is 6.07 Å². The van der Waals surface area contributed by atoms with Crippen molar-refractivity contribution in [2.45, 2.75) is 30.6 Å². The molecule has 4 atom stereocenters. The Kier molecular flexibility index (Phi) is 4.14. The highest BCUT2D eigenvalue weighted by Crippen LogP contribution is 2.35. The van der Waals surface area contributed by atoms with Crippen LogP contribution in [0.5, 0.6) is 6.01 Å². The van der Waals surface area contributed by atoms with Gasteiger partial charge in [0.15, 0.2) is 17.5 Å². The van der Waals surface area contributed by atoms with Gasteiger partial charge in [0.1, 0.15) is 24.3 Å². The summed E-state index contributed by atoms with van der Waals surface area (Å²) in [6.45, 7) is 0.597. The van der Waals surface area contributed by atoms with E-state index in [1.54, 1.807) is 12.3 Å². The van der Waals surface area contributed by atoms with Gasteiger partial charge in [-0.2, -0.15) is 4.98 Å². The van der Waals surface area contributed by atoms with Gasteiger partial charge in [-0.3, -0.25) is 5.73 Å². The highest BCUT2D eigenvalue weighted by molar-refractivity contribution is 6.33. The fourth-order valence-electron chi connectivity index (χ4n) is 3.37. The molecule has 11 nitrogen and oxygen atoms in total. The van der Waals surface area contributed by atoms with Crippen LogP contribution in [0.4, 0.5) is 5.82 Å². The largest absolute Gasteiger partial charge is 0.454 e. The second-order valence-corrected chi connectivity index (χ2v) is 7.01. The van der Waals surface area contributed by atoms with Crippen molar-refractivity contribution in [2.75, 3.05) is 18.5 Å². The van der Waals surface area contributed by atoms with Crippen LogP contribution in [0.15, 0.2) is 22.9 Å². The minimum Gasteiger partial charge on any atom is -0.454 e. The first-order chi connectivity index (χ1) is 13.5. The van der Waals surface area contributed by atoms with Crippen molar-refractivity contribution in [3.63, 3.8) is 0 Å². The average molecular weight is 409 g/mol. The SMILES string of the molecule is N[C@]12OC[C@@H](O)[C@H]1OC[C@H]2Oc1nc2nc(NCc3ncco3)c(Cl)cc2[nH]1. The molecule has 0 saturated carbocycles. The lowest BCUT2D eigenvalue weighted by molar-refractivity contribution is -0.0647. The van der Waals surface area contributed by atoms with Gasteiger partial charge in [-0.15, -0.1) is 0 Å². The summed E-state index contributed by atoms with van der Waals surface area (Å²) in [7, 11) is 0. The number of hydrogen-bond acceptors (Lipinski definition) is 10. The number of oxazole rings is 1. The number of nitrogens with one attached hydrogen (secondary N) is 2. The number of anilines is 1. The molecule has 0 aromatic carbocycles. The van der Waals surface area contributed by atoms with Crippen LogP contribution in [-0.4, -0.2) is 62.3 Å². The second-order valence-electron chi connectivity index (χ2n) is 6.60. The van der Waals surface area contributed by atoms with E-state index in [1.165, 1.54) is 6.26 Å². The number of rotatable bonds is 5. The molecule has 2 aliphatic heterocycles. The molecule has 2 fully saturated rings. The Labute approximate surface area is 163 Å². The van der Waals surface area contributed by atoms with Gasteiger partial charge in [0.25, 0.3) is 6.01 Å². The van der Waals surface area contributed by atoms with Crippen molar-refractivity contribution in [1.29, 1.82) is 0 Å². The number of pyridine rings is 1. The molecule has 0 aliphatic carbocycles. The molecular weight excluding hydrogens is 392 g/mol. The maximum atomic E-state index is 9.89. The van der Waals surface area contributed by atoms with Crippen LogP contribution < -0.4 is 15.8 Å². The summed E-state index contributed by atoms with van der Waals surface area (Å²) in [6, 6.07) is 1.89. The van der Waals surface area contributed by atoms with E-state index in [1.807, 2.05) is 0 Å². The van der Waals surface area contributed by atoms with Crippen LogP contribution in [0, 0.1) is 0 Å². The van der Waals surface area contributed by atoms with Crippen molar-refractivity contribution in [2.24, 2.45) is 5.73 Å². The van der Waals surface area contributed by atoms with Gasteiger partial charge in [0.2, 0.25) is 5.89 Å². The number of H-pyrrole nitrogens is 1. The van der Waals surface area contributed by atoms with Crippen LogP contribution in [0.3, 0.4) is 0 Å². The first kappa shape index (κ1) is 17.6. The van der Waals surface area contributed by atoms with Gasteiger partial charge in [0.05, 0.1) is 36.5 Å². The molecule has 0 radical (unpaired) electrons. The Morgan fingerprint density at radius 2 is 2.32 bits per heavy atom. The van der Waals surface area contributed by atoms with E-state index < -0.39 is 24.0 Å². The maximum Gasteiger partial charge on any atom is 0.296 e. The lowest BCUT2D eigenvalue weighted by Gasteiger charge is -2.27. The fraction of sp³-hybridized carbons (Fsp3) is 0.438. The van der Waals surface area contributed by atoms with Crippen LogP contribution >= 0.6 is 11.6 Å². The number of nitrogens with zero attached hydrogens (tertiary/aromatic N) is 3. The summed E-state index contributed by atoms with van der Waals surface area (Å²) >= 11 is 6.28. The standard InChI is InChI=1S/C16H17ClN6O5/c17-7-3-8-14(22-13(7)20-4-11-19-1-2-25-11)23-15(21-8)28-10-6-26-12-9(24)5-27-16(10,12)18/h1-3,9-10,12,24H,4-6,18H2,(H2,20,21,22,23)/t9-,10-,12-,16-/m1/s1. The molecule has 2 aliphatic rings. The normalized spacial score (nSPS) is 29.3. The summed E-state index contributed by atoms with van der Waals surface area (Å²) in [6.07, 6.45) is 0.989. The Balaban J connectivity index is 1.35. The van der Waals surface area contributed by atoms with E-state index in [2.05, 4.69) is 25.3 Å². The first-order valence-corrected chi connectivity index (χ1v) is 8.98. The number of imidazole rings is 1. The lowest BCUT2D eigenvalue weighted by Crippen LogP contribution is -2.57. The molecule has 12 heteroatoms. The number of aliphatic hydroxyl groups is 1. The molecule has 0 spiro atoms. The number of ether oxygens (including phenoxy) is 3. The quantitative estimate of drug-likeness (QED) is 0.466. The predicted octanol–water partition coefficient (Wildman–Crippen LogP) is 0.404. The van der Waals surface area contributed by atoms with Gasteiger partial charge < -0.3 is 34.0 Å². The molecule has 148 valence electrons. The predicted molar refractivity (Wildman–Crippen MR) is 95.8 cm³/mol. The Bertz CT molecular complexity index is 997. The summed E-state index contributed by atoms with van der Waals surface area (Å²) in [4.78, 5) is 15.8. The van der Waals surface area contributed by atoms with Crippen LogP contribution in [0.25, 0.3) is 11.2 Å². The molecule has 0 bridgehead atoms. The molecule has 3 aromatic rings. The van der Waals surface area contributed by atoms with Crippen molar-refractivity contribution in [3.05, 3.63) is 29.4 Å². The molecule has 5 N–H and O–H groups in total. The second kappa shape index (κ2) is 6.57. The zero-order chi connectivity index (χ0) is 19.3. The van der Waals surface area contributed by atoms with E-state index >= 15 is 0 Å². The van der Waals surface area contributed by atoms with Gasteiger partial charge in [-0.25, -0.2) is 9.97 Å². The third-order valence-electron chi connectivity index (χ3n) is 4.78. The number of aliphatic hydroxyl groups excluding tert-OH is 1. The Hall–Kier alpha value is -2.44. The first-order valence-electron chi connectivity index (χ1n) is 8.60. The minimum atomic E-state index is -1.23. The number of hydrogen-bond donors (Lipinski definition) is 4. The van der Waals surface area contributed by atoms with E-state index in [4.69, 9.17) is 36.0 Å².